The van der Waals surface area contributed by atoms with E-state index < -0.39 is 0 Å². The Bertz CT molecular complexity index is 339. The molecule has 0 saturated carbocycles. The predicted octanol–water partition coefficient (Wildman–Crippen LogP) is 9.17. The van der Waals surface area contributed by atoms with Crippen LogP contribution in [0.1, 0.15) is 149 Å². The molecule has 0 rings (SSSR count). The van der Waals surface area contributed by atoms with Gasteiger partial charge in [0.2, 0.25) is 0 Å². The summed E-state index contributed by atoms with van der Waals surface area (Å²) >= 11 is 0. The minimum Gasteiger partial charge on any atom is -0.451 e. The molecule has 0 amide bonds. The minimum absolute atomic E-state index is 0.0785. The number of carbonyl (C=O) groups is 1. The molecule has 28 heavy (non-hydrogen) atoms. The fraction of sp³-hybridized carbons (Fsp3) is 0.960. The molecular weight excluding hydrogens is 363 g/mol. The molecule has 0 bridgehead atoms. The third-order valence-electron chi connectivity index (χ3n) is 6.71. The van der Waals surface area contributed by atoms with Gasteiger partial charge >= 0.3 is 5.97 Å². The van der Waals surface area contributed by atoms with E-state index >= 15 is 0 Å². The smallest absolute Gasteiger partial charge is 0.308 e. The van der Waals surface area contributed by atoms with Gasteiger partial charge in [-0.05, 0) is 24.7 Å². The first-order chi connectivity index (χ1) is 13.6. The molecule has 3 heteroatoms. The summed E-state index contributed by atoms with van der Waals surface area (Å²) in [4.78, 5) is 11.7. The summed E-state index contributed by atoms with van der Waals surface area (Å²) in [5.41, 5.74) is 0.156. The van der Waals surface area contributed by atoms with Crippen LogP contribution in [-0.2, 0) is 9.32 Å². The van der Waals surface area contributed by atoms with Gasteiger partial charge < -0.3 is 4.52 Å². The summed E-state index contributed by atoms with van der Waals surface area (Å²) in [7, 11) is 2.09. The standard InChI is InChI=1S/C25H51O2P/c1-4-7-8-9-10-11-12-13-14-15-16-17-18-19-20-21-22-25(5-2,6-3)23-24(26)27-28/h4-23,28H2,1-3H3. The van der Waals surface area contributed by atoms with E-state index in [0.29, 0.717) is 6.42 Å². The second kappa shape index (κ2) is 20.2. The van der Waals surface area contributed by atoms with Crippen molar-refractivity contribution in [2.75, 3.05) is 0 Å². The van der Waals surface area contributed by atoms with Gasteiger partial charge in [-0.3, -0.25) is 4.79 Å². The molecule has 0 N–H and O–H groups in total. The van der Waals surface area contributed by atoms with Gasteiger partial charge in [0, 0.05) is 0 Å². The SMILES string of the molecule is CCCCCCCCCCCCCCCCCCC(CC)(CC)CC(=O)OP. The monoisotopic (exact) mass is 414 g/mol. The van der Waals surface area contributed by atoms with Crippen molar-refractivity contribution in [1.82, 2.24) is 0 Å². The van der Waals surface area contributed by atoms with E-state index in [4.69, 9.17) is 4.52 Å². The fourth-order valence-electron chi connectivity index (χ4n) is 4.34. The van der Waals surface area contributed by atoms with Gasteiger partial charge in [0.1, 0.15) is 0 Å². The number of rotatable bonds is 21. The Morgan fingerprint density at radius 2 is 1.00 bits per heavy atom. The first-order valence-corrected chi connectivity index (χ1v) is 13.0. The molecule has 0 aliphatic carbocycles. The number of hydrogen-bond donors (Lipinski definition) is 0. The zero-order valence-corrected chi connectivity index (χ0v) is 20.7. The summed E-state index contributed by atoms with van der Waals surface area (Å²) in [6, 6.07) is 0. The van der Waals surface area contributed by atoms with Crippen LogP contribution in [0.2, 0.25) is 0 Å². The maximum absolute atomic E-state index is 11.7. The molecule has 0 aromatic carbocycles. The third-order valence-corrected chi connectivity index (χ3v) is 6.97. The Hall–Kier alpha value is -0.100. The Labute approximate surface area is 179 Å². The zero-order valence-electron chi connectivity index (χ0n) is 19.5. The molecule has 168 valence electrons. The predicted molar refractivity (Wildman–Crippen MR) is 128 cm³/mol. The van der Waals surface area contributed by atoms with Crippen LogP contribution in [0.15, 0.2) is 0 Å². The van der Waals surface area contributed by atoms with E-state index in [1.807, 2.05) is 0 Å². The molecule has 1 atom stereocenters. The van der Waals surface area contributed by atoms with Crippen LogP contribution in [0.5, 0.6) is 0 Å². The van der Waals surface area contributed by atoms with E-state index in [1.165, 1.54) is 103 Å². The van der Waals surface area contributed by atoms with Gasteiger partial charge in [-0.1, -0.05) is 124 Å². The van der Waals surface area contributed by atoms with Crippen LogP contribution in [0.25, 0.3) is 0 Å². The molecule has 0 aromatic heterocycles. The Kier molecular flexibility index (Phi) is 20.1. The van der Waals surface area contributed by atoms with E-state index in [-0.39, 0.29) is 11.4 Å². The normalized spacial score (nSPS) is 11.7. The van der Waals surface area contributed by atoms with Gasteiger partial charge in [-0.15, -0.1) is 0 Å². The molecule has 0 spiro atoms. The largest absolute Gasteiger partial charge is 0.451 e. The highest BCUT2D eigenvalue weighted by atomic mass is 31.0. The fourth-order valence-corrected chi connectivity index (χ4v) is 4.42. The van der Waals surface area contributed by atoms with Crippen LogP contribution in [0, 0.1) is 5.41 Å². The second-order valence-electron chi connectivity index (χ2n) is 8.93. The van der Waals surface area contributed by atoms with Crippen molar-refractivity contribution >= 4 is 15.4 Å². The maximum Gasteiger partial charge on any atom is 0.308 e. The summed E-state index contributed by atoms with van der Waals surface area (Å²) in [5, 5.41) is 0. The lowest BCUT2D eigenvalue weighted by atomic mass is 9.75. The first kappa shape index (κ1) is 27.9. The van der Waals surface area contributed by atoms with Gasteiger partial charge in [-0.2, -0.15) is 0 Å². The molecule has 2 nitrogen and oxygen atoms in total. The highest BCUT2D eigenvalue weighted by Crippen LogP contribution is 2.37. The van der Waals surface area contributed by atoms with Crippen molar-refractivity contribution in [2.24, 2.45) is 5.41 Å². The highest BCUT2D eigenvalue weighted by molar-refractivity contribution is 7.10. The van der Waals surface area contributed by atoms with Crippen LogP contribution in [0.4, 0.5) is 0 Å². The molecule has 0 aliphatic rings. The van der Waals surface area contributed by atoms with E-state index in [1.54, 1.807) is 0 Å². The maximum atomic E-state index is 11.7. The van der Waals surface area contributed by atoms with Gasteiger partial charge in [0.05, 0.1) is 15.9 Å². The summed E-state index contributed by atoms with van der Waals surface area (Å²) in [5.74, 6) is -0.0785. The van der Waals surface area contributed by atoms with Crippen LogP contribution in [0.3, 0.4) is 0 Å². The minimum atomic E-state index is -0.0785. The summed E-state index contributed by atoms with van der Waals surface area (Å²) in [6.45, 7) is 6.72. The molecule has 0 fully saturated rings. The lowest BCUT2D eigenvalue weighted by molar-refractivity contribution is -0.136. The molecule has 0 aliphatic heterocycles. The van der Waals surface area contributed by atoms with E-state index in [2.05, 4.69) is 30.2 Å². The average molecular weight is 415 g/mol. The summed E-state index contributed by atoms with van der Waals surface area (Å²) in [6.07, 6.45) is 26.4. The second-order valence-corrected chi connectivity index (χ2v) is 9.16. The quantitative estimate of drug-likeness (QED) is 0.138. The Morgan fingerprint density at radius 3 is 1.32 bits per heavy atom. The number of hydrogen-bond acceptors (Lipinski definition) is 2. The van der Waals surface area contributed by atoms with Crippen LogP contribution >= 0.6 is 9.47 Å². The van der Waals surface area contributed by atoms with Gasteiger partial charge in [0.15, 0.2) is 0 Å². The molecule has 0 heterocycles. The number of unbranched alkanes of at least 4 members (excludes halogenated alkanes) is 15. The Balaban J connectivity index is 3.46. The lowest BCUT2D eigenvalue weighted by Gasteiger charge is -2.30. The van der Waals surface area contributed by atoms with Crippen molar-refractivity contribution in [1.29, 1.82) is 0 Å². The first-order valence-electron chi connectivity index (χ1n) is 12.5. The van der Waals surface area contributed by atoms with Crippen LogP contribution < -0.4 is 0 Å². The molecular formula is C25H51O2P. The molecule has 1 unspecified atom stereocenters. The molecule has 0 radical (unpaired) electrons. The van der Waals surface area contributed by atoms with Crippen LogP contribution in [-0.4, -0.2) is 5.97 Å². The lowest BCUT2D eigenvalue weighted by Crippen LogP contribution is -2.23. The van der Waals surface area contributed by atoms with Crippen molar-refractivity contribution in [3.63, 3.8) is 0 Å². The highest BCUT2D eigenvalue weighted by Gasteiger charge is 2.29. The van der Waals surface area contributed by atoms with Crippen molar-refractivity contribution in [3.05, 3.63) is 0 Å². The van der Waals surface area contributed by atoms with E-state index in [0.717, 1.165) is 19.3 Å². The average Bonchev–Trinajstić information content (AvgIpc) is 2.72. The topological polar surface area (TPSA) is 26.3 Å². The Morgan fingerprint density at radius 1 is 0.643 bits per heavy atom. The van der Waals surface area contributed by atoms with E-state index in [9.17, 15) is 4.79 Å². The number of carbonyl (C=O) groups excluding carboxylic acids is 1. The van der Waals surface area contributed by atoms with Crippen molar-refractivity contribution in [3.8, 4) is 0 Å². The zero-order chi connectivity index (χ0) is 20.9. The van der Waals surface area contributed by atoms with Gasteiger partial charge in [-0.25, -0.2) is 0 Å². The van der Waals surface area contributed by atoms with Gasteiger partial charge in [0.25, 0.3) is 0 Å². The third kappa shape index (κ3) is 15.8. The van der Waals surface area contributed by atoms with Crippen molar-refractivity contribution in [2.45, 2.75) is 149 Å². The molecule has 0 saturated heterocycles. The van der Waals surface area contributed by atoms with Crippen molar-refractivity contribution < 1.29 is 9.32 Å². The molecule has 0 aromatic rings. The summed E-state index contributed by atoms with van der Waals surface area (Å²) < 4.78 is 4.82.